The van der Waals surface area contributed by atoms with E-state index in [1.165, 1.54) is 45.3 Å². The zero-order valence-electron chi connectivity index (χ0n) is 12.8. The Morgan fingerprint density at radius 3 is 2.75 bits per heavy atom. The van der Waals surface area contributed by atoms with E-state index in [0.29, 0.717) is 12.0 Å². The lowest BCUT2D eigenvalue weighted by Gasteiger charge is -2.37. The van der Waals surface area contributed by atoms with Gasteiger partial charge in [-0.2, -0.15) is 0 Å². The summed E-state index contributed by atoms with van der Waals surface area (Å²) in [5, 5.41) is 5.81. The van der Waals surface area contributed by atoms with Crippen LogP contribution in [0.2, 0.25) is 0 Å². The van der Waals surface area contributed by atoms with E-state index in [-0.39, 0.29) is 0 Å². The molecule has 1 N–H and O–H groups in total. The van der Waals surface area contributed by atoms with Crippen LogP contribution in [0.25, 0.3) is 0 Å². The van der Waals surface area contributed by atoms with Crippen molar-refractivity contribution in [1.29, 1.82) is 0 Å². The van der Waals surface area contributed by atoms with E-state index in [1.807, 2.05) is 11.3 Å². The van der Waals surface area contributed by atoms with E-state index in [1.54, 1.807) is 4.88 Å². The molecule has 0 radical (unpaired) electrons. The van der Waals surface area contributed by atoms with Gasteiger partial charge in [0.25, 0.3) is 0 Å². The van der Waals surface area contributed by atoms with E-state index >= 15 is 0 Å². The van der Waals surface area contributed by atoms with Crippen LogP contribution in [-0.2, 0) is 0 Å². The molecule has 1 saturated carbocycles. The quantitative estimate of drug-likeness (QED) is 0.855. The standard InChI is InChI=1S/C17H28N2S/c1-13(2)17(16-6-4-10-20-16)19(15-7-8-15)12-14-5-3-9-18-11-14/h4,6,10,13-15,17-18H,3,5,7-9,11-12H2,1-2H3. The van der Waals surface area contributed by atoms with Crippen molar-refractivity contribution >= 4 is 11.3 Å². The molecule has 1 aromatic heterocycles. The highest BCUT2D eigenvalue weighted by molar-refractivity contribution is 7.10. The van der Waals surface area contributed by atoms with Crippen LogP contribution in [0.3, 0.4) is 0 Å². The maximum absolute atomic E-state index is 3.58. The Hall–Kier alpha value is -0.380. The summed E-state index contributed by atoms with van der Waals surface area (Å²) in [5.74, 6) is 1.55. The molecule has 3 heteroatoms. The van der Waals surface area contributed by atoms with Gasteiger partial charge in [-0.05, 0) is 62.1 Å². The monoisotopic (exact) mass is 292 g/mol. The molecule has 2 aliphatic rings. The van der Waals surface area contributed by atoms with Gasteiger partial charge in [-0.15, -0.1) is 11.3 Å². The van der Waals surface area contributed by atoms with Gasteiger partial charge < -0.3 is 5.32 Å². The minimum Gasteiger partial charge on any atom is -0.316 e. The van der Waals surface area contributed by atoms with E-state index in [9.17, 15) is 0 Å². The van der Waals surface area contributed by atoms with Crippen molar-refractivity contribution in [3.63, 3.8) is 0 Å². The van der Waals surface area contributed by atoms with Crippen LogP contribution in [0.4, 0.5) is 0 Å². The lowest BCUT2D eigenvalue weighted by molar-refractivity contribution is 0.116. The molecular weight excluding hydrogens is 264 g/mol. The Bertz CT molecular complexity index is 391. The molecule has 3 rings (SSSR count). The predicted molar refractivity (Wildman–Crippen MR) is 87.2 cm³/mol. The van der Waals surface area contributed by atoms with Gasteiger partial charge in [0.2, 0.25) is 0 Å². The van der Waals surface area contributed by atoms with Gasteiger partial charge in [0.1, 0.15) is 0 Å². The van der Waals surface area contributed by atoms with Crippen molar-refractivity contribution in [3.8, 4) is 0 Å². The summed E-state index contributed by atoms with van der Waals surface area (Å²) in [6.45, 7) is 8.51. The van der Waals surface area contributed by atoms with Gasteiger partial charge in [-0.25, -0.2) is 0 Å². The van der Waals surface area contributed by atoms with Gasteiger partial charge in [-0.3, -0.25) is 4.90 Å². The summed E-state index contributed by atoms with van der Waals surface area (Å²) in [7, 11) is 0. The molecule has 20 heavy (non-hydrogen) atoms. The zero-order chi connectivity index (χ0) is 13.9. The topological polar surface area (TPSA) is 15.3 Å². The Balaban J connectivity index is 1.73. The van der Waals surface area contributed by atoms with Gasteiger partial charge in [0.15, 0.2) is 0 Å². The van der Waals surface area contributed by atoms with Gasteiger partial charge in [0.05, 0.1) is 0 Å². The van der Waals surface area contributed by atoms with Crippen LogP contribution in [0.15, 0.2) is 17.5 Å². The molecule has 2 fully saturated rings. The van der Waals surface area contributed by atoms with Crippen molar-refractivity contribution in [2.75, 3.05) is 19.6 Å². The summed E-state index contributed by atoms with van der Waals surface area (Å²) in [4.78, 5) is 4.41. The highest BCUT2D eigenvalue weighted by atomic mass is 32.1. The third kappa shape index (κ3) is 3.44. The maximum Gasteiger partial charge on any atom is 0.0467 e. The normalized spacial score (nSPS) is 25.3. The fraction of sp³-hybridized carbons (Fsp3) is 0.765. The van der Waals surface area contributed by atoms with E-state index in [0.717, 1.165) is 12.0 Å². The molecule has 1 aliphatic carbocycles. The molecule has 2 unspecified atom stereocenters. The fourth-order valence-corrected chi connectivity index (χ4v) is 4.63. The fourth-order valence-electron chi connectivity index (χ4n) is 3.61. The number of rotatable bonds is 6. The second-order valence-corrected chi connectivity index (χ2v) is 7.82. The Labute approximate surface area is 127 Å². The van der Waals surface area contributed by atoms with Crippen molar-refractivity contribution < 1.29 is 0 Å². The molecule has 1 aromatic rings. The van der Waals surface area contributed by atoms with E-state index in [2.05, 4.69) is 41.6 Å². The predicted octanol–water partition coefficient (Wildman–Crippen LogP) is 3.91. The molecule has 2 heterocycles. The molecule has 0 spiro atoms. The second-order valence-electron chi connectivity index (χ2n) is 6.84. The Morgan fingerprint density at radius 2 is 2.20 bits per heavy atom. The molecule has 0 bridgehead atoms. The Kier molecular flexibility index (Phi) is 4.79. The van der Waals surface area contributed by atoms with Crippen LogP contribution in [0.5, 0.6) is 0 Å². The molecule has 112 valence electrons. The number of hydrogen-bond donors (Lipinski definition) is 1. The van der Waals surface area contributed by atoms with Crippen LogP contribution >= 0.6 is 11.3 Å². The van der Waals surface area contributed by atoms with Crippen molar-refractivity contribution in [2.24, 2.45) is 11.8 Å². The van der Waals surface area contributed by atoms with Gasteiger partial charge in [-0.1, -0.05) is 19.9 Å². The van der Waals surface area contributed by atoms with Gasteiger partial charge >= 0.3 is 0 Å². The third-order valence-electron chi connectivity index (χ3n) is 4.71. The molecule has 1 saturated heterocycles. The number of hydrogen-bond acceptors (Lipinski definition) is 3. The van der Waals surface area contributed by atoms with E-state index < -0.39 is 0 Å². The van der Waals surface area contributed by atoms with Crippen LogP contribution in [-0.4, -0.2) is 30.6 Å². The highest BCUT2D eigenvalue weighted by Gasteiger charge is 2.37. The lowest BCUT2D eigenvalue weighted by atomic mass is 9.95. The lowest BCUT2D eigenvalue weighted by Crippen LogP contribution is -2.42. The number of thiophene rings is 1. The van der Waals surface area contributed by atoms with Crippen molar-refractivity contribution in [1.82, 2.24) is 10.2 Å². The largest absolute Gasteiger partial charge is 0.316 e. The third-order valence-corrected chi connectivity index (χ3v) is 5.65. The average Bonchev–Trinajstić information content (AvgIpc) is 3.16. The van der Waals surface area contributed by atoms with Crippen LogP contribution in [0, 0.1) is 11.8 Å². The maximum atomic E-state index is 3.58. The first kappa shape index (κ1) is 14.6. The van der Waals surface area contributed by atoms with Crippen LogP contribution < -0.4 is 5.32 Å². The van der Waals surface area contributed by atoms with Crippen molar-refractivity contribution in [2.45, 2.75) is 51.6 Å². The minimum absolute atomic E-state index is 0.629. The smallest absolute Gasteiger partial charge is 0.0467 e. The number of nitrogens with zero attached hydrogens (tertiary/aromatic N) is 1. The molecular formula is C17H28N2S. The Morgan fingerprint density at radius 1 is 1.35 bits per heavy atom. The molecule has 0 amide bonds. The summed E-state index contributed by atoms with van der Waals surface area (Å²) in [6, 6.07) is 6.03. The molecule has 2 nitrogen and oxygen atoms in total. The zero-order valence-corrected chi connectivity index (χ0v) is 13.7. The van der Waals surface area contributed by atoms with E-state index in [4.69, 9.17) is 0 Å². The van der Waals surface area contributed by atoms with Crippen LogP contribution in [0.1, 0.15) is 50.4 Å². The number of nitrogens with one attached hydrogen (secondary N) is 1. The van der Waals surface area contributed by atoms with Gasteiger partial charge in [0, 0.05) is 23.5 Å². The SMILES string of the molecule is CC(C)C(c1cccs1)N(CC1CCCNC1)C1CC1. The first-order valence-electron chi connectivity index (χ1n) is 8.25. The summed E-state index contributed by atoms with van der Waals surface area (Å²) >= 11 is 1.94. The summed E-state index contributed by atoms with van der Waals surface area (Å²) in [6.07, 6.45) is 5.59. The molecule has 2 atom stereocenters. The first-order valence-corrected chi connectivity index (χ1v) is 9.13. The van der Waals surface area contributed by atoms with Crippen molar-refractivity contribution in [3.05, 3.63) is 22.4 Å². The molecule has 1 aliphatic heterocycles. The first-order chi connectivity index (χ1) is 9.75. The summed E-state index contributed by atoms with van der Waals surface area (Å²) < 4.78 is 0. The number of piperidine rings is 1. The highest BCUT2D eigenvalue weighted by Crippen LogP contribution is 2.40. The minimum atomic E-state index is 0.629. The molecule has 0 aromatic carbocycles. The second kappa shape index (κ2) is 6.59. The average molecular weight is 292 g/mol. The summed E-state index contributed by atoms with van der Waals surface area (Å²) in [5.41, 5.74) is 0.